The van der Waals surface area contributed by atoms with Crippen LogP contribution < -0.4 is 20.4 Å². The molecule has 4 aromatic rings. The summed E-state index contributed by atoms with van der Waals surface area (Å²) in [6, 6.07) is 27.2. The van der Waals surface area contributed by atoms with Gasteiger partial charge in [0.2, 0.25) is 0 Å². The van der Waals surface area contributed by atoms with Crippen LogP contribution in [0.25, 0.3) is 0 Å². The van der Waals surface area contributed by atoms with Gasteiger partial charge in [-0.15, -0.1) is 23.0 Å². The monoisotopic (exact) mass is 982 g/mol. The Morgan fingerprint density at radius 3 is 0.745 bits per heavy atom. The van der Waals surface area contributed by atoms with Crippen LogP contribution in [-0.4, -0.2) is 51.0 Å². The molecule has 2 radical (unpaired) electrons. The van der Waals surface area contributed by atoms with Gasteiger partial charge in [0.15, 0.2) is 0 Å². The second-order valence-corrected chi connectivity index (χ2v) is 9.00. The molecule has 0 aromatic heterocycles. The number of nitrogens with zero attached hydrogens (tertiary/aromatic N) is 4. The molecule has 0 atom stereocenters. The fourth-order valence-corrected chi connectivity index (χ4v) is 3.51. The SMILES string of the molecule is [O-2].[O-2].[O-2].[O-]c1ccccc1C=NCCCN=Cc1ccccc1[O-].[O-]c1ccccc1C=NCCCN=Cc1ccccc1[O-].[Re].[Re]. The molecule has 0 fully saturated rings. The van der Waals surface area contributed by atoms with Crippen LogP contribution in [0, 0.1) is 0 Å². The van der Waals surface area contributed by atoms with Gasteiger partial charge in [-0.05, 0) is 35.1 Å². The third kappa shape index (κ3) is 18.6. The van der Waals surface area contributed by atoms with E-state index in [2.05, 4.69) is 20.0 Å². The molecule has 0 aliphatic rings. The van der Waals surface area contributed by atoms with Crippen LogP contribution in [0.15, 0.2) is 117 Å². The predicted octanol–water partition coefficient (Wildman–Crippen LogP) is 3.16. The zero-order chi connectivity index (χ0) is 29.8. The first-order valence-electron chi connectivity index (χ1n) is 13.6. The van der Waals surface area contributed by atoms with Crippen LogP contribution in [0.1, 0.15) is 35.1 Å². The molecule has 0 saturated carbocycles. The maximum absolute atomic E-state index is 11.4. The molecule has 11 nitrogen and oxygen atoms in total. The number of para-hydroxylation sites is 4. The van der Waals surface area contributed by atoms with Gasteiger partial charge in [-0.2, -0.15) is 0 Å². The van der Waals surface area contributed by atoms with E-state index in [1.165, 1.54) is 24.3 Å². The van der Waals surface area contributed by atoms with Crippen molar-refractivity contribution in [2.75, 3.05) is 26.2 Å². The van der Waals surface area contributed by atoms with Crippen molar-refractivity contribution >= 4 is 24.9 Å². The van der Waals surface area contributed by atoms with Crippen LogP contribution in [0.2, 0.25) is 0 Å². The molecule has 4 rings (SSSR count). The van der Waals surface area contributed by atoms with Gasteiger partial charge in [-0.1, -0.05) is 97.1 Å². The normalized spacial score (nSPS) is 10.2. The van der Waals surface area contributed by atoms with Crippen molar-refractivity contribution in [2.24, 2.45) is 20.0 Å². The second-order valence-electron chi connectivity index (χ2n) is 9.00. The predicted molar refractivity (Wildman–Crippen MR) is 165 cm³/mol. The zero-order valence-electron chi connectivity index (χ0n) is 25.2. The van der Waals surface area contributed by atoms with E-state index in [1.807, 2.05) is 24.3 Å². The molecule has 0 saturated heterocycles. The second kappa shape index (κ2) is 28.2. The third-order valence-electron chi connectivity index (χ3n) is 5.75. The van der Waals surface area contributed by atoms with Crippen LogP contribution in [0.4, 0.5) is 0 Å². The smallest absolute Gasteiger partial charge is 0.0407 e. The first-order valence-corrected chi connectivity index (χ1v) is 13.6. The van der Waals surface area contributed by atoms with E-state index in [1.54, 1.807) is 73.4 Å². The van der Waals surface area contributed by atoms with Gasteiger partial charge in [0.25, 0.3) is 0 Å². The summed E-state index contributed by atoms with van der Waals surface area (Å²) in [5.74, 6) is -0.0877. The first-order chi connectivity index (χ1) is 20.5. The molecular weight excluding hydrogens is 949 g/mol. The number of hydrogen-bond acceptors (Lipinski definition) is 8. The average molecular weight is 981 g/mol. The summed E-state index contributed by atoms with van der Waals surface area (Å²) in [4.78, 5) is 16.8. The van der Waals surface area contributed by atoms with E-state index in [0.29, 0.717) is 48.4 Å². The van der Waals surface area contributed by atoms with Crippen molar-refractivity contribution in [3.63, 3.8) is 0 Å². The quantitative estimate of drug-likeness (QED) is 0.154. The summed E-state index contributed by atoms with van der Waals surface area (Å²) in [6.07, 6.45) is 7.93. The van der Waals surface area contributed by atoms with E-state index in [0.717, 1.165) is 12.8 Å². The molecular formula is C34H32N4O7Re2-10. The van der Waals surface area contributed by atoms with E-state index in [-0.39, 0.29) is 80.3 Å². The largest absolute Gasteiger partial charge is 2.00 e. The van der Waals surface area contributed by atoms with E-state index in [4.69, 9.17) is 0 Å². The minimum absolute atomic E-state index is 0. The third-order valence-corrected chi connectivity index (χ3v) is 5.75. The van der Waals surface area contributed by atoms with Crippen LogP contribution in [0.5, 0.6) is 23.0 Å². The molecule has 4 aromatic carbocycles. The standard InChI is InChI=1S/2C17H18N2O2.3O.2Re/c2*20-16-8-3-1-6-14(16)12-18-10-5-11-19-13-15-7-2-4-9-17(15)21;;;;;/h2*1-4,6-9,12-13,20-21H,5,10-11H2;;;;;/q;;3*-2;;/p-4. The van der Waals surface area contributed by atoms with Crippen molar-refractivity contribution in [1.29, 1.82) is 0 Å². The Morgan fingerprint density at radius 1 is 0.362 bits per heavy atom. The zero-order valence-corrected chi connectivity index (χ0v) is 30.6. The Bertz CT molecular complexity index is 1300. The van der Waals surface area contributed by atoms with Crippen molar-refractivity contribution in [3.8, 4) is 23.0 Å². The van der Waals surface area contributed by atoms with Crippen molar-refractivity contribution in [1.82, 2.24) is 0 Å². The summed E-state index contributed by atoms with van der Waals surface area (Å²) in [6.45, 7) is 2.41. The van der Waals surface area contributed by atoms with Gasteiger partial charge < -0.3 is 36.9 Å². The van der Waals surface area contributed by atoms with Gasteiger partial charge in [-0.25, -0.2) is 0 Å². The molecule has 0 aliphatic carbocycles. The van der Waals surface area contributed by atoms with Gasteiger partial charge >= 0.3 is 0 Å². The van der Waals surface area contributed by atoms with Crippen LogP contribution in [-0.2, 0) is 57.3 Å². The Kier molecular flexibility index (Phi) is 28.4. The molecule has 0 N–H and O–H groups in total. The summed E-state index contributed by atoms with van der Waals surface area (Å²) < 4.78 is 0. The molecule has 0 spiro atoms. The van der Waals surface area contributed by atoms with Crippen molar-refractivity contribution < 1.29 is 77.7 Å². The van der Waals surface area contributed by atoms with Gasteiger partial charge in [-0.3, -0.25) is 20.0 Å². The summed E-state index contributed by atoms with van der Waals surface area (Å²) >= 11 is 0. The van der Waals surface area contributed by atoms with Gasteiger partial charge in [0.1, 0.15) is 0 Å². The average Bonchev–Trinajstić information content (AvgIpc) is 3.00. The van der Waals surface area contributed by atoms with Crippen LogP contribution >= 0.6 is 0 Å². The number of benzene rings is 4. The van der Waals surface area contributed by atoms with E-state index >= 15 is 0 Å². The Balaban J connectivity index is -0.000000745. The molecule has 0 amide bonds. The fourth-order valence-electron chi connectivity index (χ4n) is 3.51. The molecule has 254 valence electrons. The number of hydrogen-bond donors (Lipinski definition) is 0. The molecule has 13 heteroatoms. The minimum Gasteiger partial charge on any atom is -2.00 e. The number of aliphatic imine (C=N–C) groups is 4. The molecule has 0 unspecified atom stereocenters. The number of rotatable bonds is 12. The first kappa shape index (κ1) is 47.4. The molecule has 0 heterocycles. The Morgan fingerprint density at radius 2 is 0.553 bits per heavy atom. The van der Waals surface area contributed by atoms with Crippen molar-refractivity contribution in [3.05, 3.63) is 119 Å². The summed E-state index contributed by atoms with van der Waals surface area (Å²) in [5.41, 5.74) is 2.39. The molecule has 0 bridgehead atoms. The van der Waals surface area contributed by atoms with Crippen molar-refractivity contribution in [2.45, 2.75) is 12.8 Å². The Labute approximate surface area is 302 Å². The maximum atomic E-state index is 11.4. The van der Waals surface area contributed by atoms with Gasteiger partial charge in [0.05, 0.1) is 0 Å². The van der Waals surface area contributed by atoms with Gasteiger partial charge in [0, 0.05) is 91.9 Å². The van der Waals surface area contributed by atoms with E-state index in [9.17, 15) is 20.4 Å². The Hall–Kier alpha value is -4.04. The summed E-state index contributed by atoms with van der Waals surface area (Å²) in [7, 11) is 0. The topological polar surface area (TPSA) is 227 Å². The maximum Gasteiger partial charge on any atom is 0.0407 e. The van der Waals surface area contributed by atoms with Crippen LogP contribution in [0.3, 0.4) is 0 Å². The molecule has 0 aliphatic heterocycles. The molecule has 47 heavy (non-hydrogen) atoms. The fraction of sp³-hybridized carbons (Fsp3) is 0.176. The summed E-state index contributed by atoms with van der Waals surface area (Å²) in [5, 5.41) is 45.7. The van der Waals surface area contributed by atoms with E-state index < -0.39 is 0 Å². The minimum atomic E-state index is -0.0219.